The molecule has 0 saturated carbocycles. The van der Waals surface area contributed by atoms with E-state index in [0.717, 1.165) is 15.7 Å². The van der Waals surface area contributed by atoms with E-state index in [1.54, 1.807) is 18.9 Å². The standard InChI is InChI=1S/C12H15BrN2O2S/c1-3-17-11(16)7-15(2)10-6-8(13)4-5-9(10)12(14)18/h4-6H,3,7H2,1-2H3,(H2,14,18). The first-order valence-electron chi connectivity index (χ1n) is 5.41. The number of carbonyl (C=O) groups excluding carboxylic acids is 1. The predicted octanol–water partition coefficient (Wildman–Crippen LogP) is 2.08. The molecule has 2 N–H and O–H groups in total. The molecule has 0 aliphatic carbocycles. The van der Waals surface area contributed by atoms with Crippen molar-refractivity contribution in [1.29, 1.82) is 0 Å². The molecular formula is C12H15BrN2O2S. The van der Waals surface area contributed by atoms with Gasteiger partial charge in [-0.15, -0.1) is 0 Å². The molecule has 6 heteroatoms. The summed E-state index contributed by atoms with van der Waals surface area (Å²) in [5, 5.41) is 0. The molecule has 0 aliphatic heterocycles. The van der Waals surface area contributed by atoms with Gasteiger partial charge in [0, 0.05) is 22.8 Å². The van der Waals surface area contributed by atoms with Crippen molar-refractivity contribution in [3.8, 4) is 0 Å². The van der Waals surface area contributed by atoms with E-state index in [1.165, 1.54) is 0 Å². The first-order chi connectivity index (χ1) is 8.45. The van der Waals surface area contributed by atoms with Crippen LogP contribution in [0.25, 0.3) is 0 Å². The molecule has 1 aromatic rings. The fraction of sp³-hybridized carbons (Fsp3) is 0.333. The molecule has 0 amide bonds. The number of esters is 1. The number of carbonyl (C=O) groups is 1. The third kappa shape index (κ3) is 3.96. The lowest BCUT2D eigenvalue weighted by molar-refractivity contribution is -0.141. The Hall–Kier alpha value is -1.14. The first kappa shape index (κ1) is 14.9. The van der Waals surface area contributed by atoms with Crippen LogP contribution in [0, 0.1) is 0 Å². The van der Waals surface area contributed by atoms with Crippen LogP contribution >= 0.6 is 28.1 Å². The van der Waals surface area contributed by atoms with Gasteiger partial charge in [0.2, 0.25) is 0 Å². The summed E-state index contributed by atoms with van der Waals surface area (Å²) in [5.41, 5.74) is 7.20. The Morgan fingerprint density at radius 2 is 2.22 bits per heavy atom. The maximum Gasteiger partial charge on any atom is 0.325 e. The maximum atomic E-state index is 11.5. The highest BCUT2D eigenvalue weighted by molar-refractivity contribution is 9.10. The van der Waals surface area contributed by atoms with Crippen LogP contribution in [0.3, 0.4) is 0 Å². The summed E-state index contributed by atoms with van der Waals surface area (Å²) in [4.78, 5) is 13.5. The Labute approximate surface area is 120 Å². The van der Waals surface area contributed by atoms with Crippen LogP contribution in [0.1, 0.15) is 12.5 Å². The van der Waals surface area contributed by atoms with Crippen LogP contribution in [0.2, 0.25) is 0 Å². The van der Waals surface area contributed by atoms with E-state index < -0.39 is 0 Å². The number of anilines is 1. The summed E-state index contributed by atoms with van der Waals surface area (Å²) in [7, 11) is 1.79. The number of ether oxygens (including phenoxy) is 1. The van der Waals surface area contributed by atoms with Crippen molar-refractivity contribution in [1.82, 2.24) is 0 Å². The third-order valence-corrected chi connectivity index (χ3v) is 3.02. The minimum atomic E-state index is -0.283. The van der Waals surface area contributed by atoms with E-state index in [4.69, 9.17) is 22.7 Å². The summed E-state index contributed by atoms with van der Waals surface area (Å²) < 4.78 is 5.80. The van der Waals surface area contributed by atoms with E-state index >= 15 is 0 Å². The lowest BCUT2D eigenvalue weighted by Crippen LogP contribution is -2.29. The molecule has 0 atom stereocenters. The monoisotopic (exact) mass is 330 g/mol. The first-order valence-corrected chi connectivity index (χ1v) is 6.62. The second-order valence-electron chi connectivity index (χ2n) is 3.69. The van der Waals surface area contributed by atoms with Gasteiger partial charge in [0.25, 0.3) is 0 Å². The van der Waals surface area contributed by atoms with Crippen LogP contribution in [0.15, 0.2) is 22.7 Å². The van der Waals surface area contributed by atoms with Crippen LogP contribution < -0.4 is 10.6 Å². The van der Waals surface area contributed by atoms with Gasteiger partial charge in [0.1, 0.15) is 11.5 Å². The van der Waals surface area contributed by atoms with Crippen LogP contribution in [-0.2, 0) is 9.53 Å². The molecule has 0 saturated heterocycles. The molecule has 1 rings (SSSR count). The van der Waals surface area contributed by atoms with Crippen molar-refractivity contribution < 1.29 is 9.53 Å². The molecule has 0 bridgehead atoms. The zero-order valence-corrected chi connectivity index (χ0v) is 12.7. The van der Waals surface area contributed by atoms with E-state index in [0.29, 0.717) is 11.6 Å². The second kappa shape index (κ2) is 6.70. The molecule has 0 fully saturated rings. The number of hydrogen-bond donors (Lipinski definition) is 1. The van der Waals surface area contributed by atoms with Gasteiger partial charge in [-0.3, -0.25) is 4.79 Å². The summed E-state index contributed by atoms with van der Waals surface area (Å²) in [6.45, 7) is 2.30. The van der Waals surface area contributed by atoms with E-state index in [2.05, 4.69) is 15.9 Å². The molecule has 4 nitrogen and oxygen atoms in total. The number of halogens is 1. The van der Waals surface area contributed by atoms with Crippen molar-refractivity contribution in [2.45, 2.75) is 6.92 Å². The lowest BCUT2D eigenvalue weighted by atomic mass is 10.1. The summed E-state index contributed by atoms with van der Waals surface area (Å²) >= 11 is 8.38. The Morgan fingerprint density at radius 1 is 1.56 bits per heavy atom. The number of rotatable bonds is 5. The highest BCUT2D eigenvalue weighted by atomic mass is 79.9. The zero-order chi connectivity index (χ0) is 13.7. The fourth-order valence-electron chi connectivity index (χ4n) is 1.51. The van der Waals surface area contributed by atoms with Gasteiger partial charge in [-0.25, -0.2) is 0 Å². The maximum absolute atomic E-state index is 11.5. The quantitative estimate of drug-likeness (QED) is 0.661. The number of likely N-dealkylation sites (N-methyl/N-ethyl adjacent to an activating group) is 1. The number of benzene rings is 1. The Bertz CT molecular complexity index is 465. The predicted molar refractivity (Wildman–Crippen MR) is 79.9 cm³/mol. The SMILES string of the molecule is CCOC(=O)CN(C)c1cc(Br)ccc1C(N)=S. The molecule has 1 aromatic carbocycles. The van der Waals surface area contributed by atoms with Crippen LogP contribution in [0.4, 0.5) is 5.69 Å². The smallest absolute Gasteiger partial charge is 0.325 e. The average molecular weight is 331 g/mol. The molecule has 0 aromatic heterocycles. The Morgan fingerprint density at radius 3 is 2.78 bits per heavy atom. The van der Waals surface area contributed by atoms with E-state index in [1.807, 2.05) is 18.2 Å². The highest BCUT2D eigenvalue weighted by Crippen LogP contribution is 2.24. The third-order valence-electron chi connectivity index (χ3n) is 2.31. The molecule has 18 heavy (non-hydrogen) atoms. The average Bonchev–Trinajstić information content (AvgIpc) is 2.28. The topological polar surface area (TPSA) is 55.6 Å². The van der Waals surface area contributed by atoms with Gasteiger partial charge in [-0.2, -0.15) is 0 Å². The number of hydrogen-bond acceptors (Lipinski definition) is 4. The largest absolute Gasteiger partial charge is 0.465 e. The van der Waals surface area contributed by atoms with Crippen LogP contribution in [-0.4, -0.2) is 31.2 Å². The highest BCUT2D eigenvalue weighted by Gasteiger charge is 2.13. The molecule has 0 aliphatic rings. The molecular weight excluding hydrogens is 316 g/mol. The van der Waals surface area contributed by atoms with Crippen LogP contribution in [0.5, 0.6) is 0 Å². The molecule has 0 spiro atoms. The van der Waals surface area contributed by atoms with Crippen molar-refractivity contribution in [2.24, 2.45) is 5.73 Å². The van der Waals surface area contributed by atoms with Crippen molar-refractivity contribution in [3.63, 3.8) is 0 Å². The summed E-state index contributed by atoms with van der Waals surface area (Å²) in [6.07, 6.45) is 0. The van der Waals surface area contributed by atoms with Crippen molar-refractivity contribution in [3.05, 3.63) is 28.2 Å². The minimum absolute atomic E-state index is 0.153. The Balaban J connectivity index is 2.96. The minimum Gasteiger partial charge on any atom is -0.465 e. The lowest BCUT2D eigenvalue weighted by Gasteiger charge is -2.21. The van der Waals surface area contributed by atoms with Crippen molar-refractivity contribution in [2.75, 3.05) is 25.1 Å². The number of nitrogens with two attached hydrogens (primary N) is 1. The molecule has 98 valence electrons. The fourth-order valence-corrected chi connectivity index (χ4v) is 2.04. The van der Waals surface area contributed by atoms with E-state index in [9.17, 15) is 4.79 Å². The van der Waals surface area contributed by atoms with E-state index in [-0.39, 0.29) is 12.5 Å². The number of nitrogens with zero attached hydrogens (tertiary/aromatic N) is 1. The molecule has 0 unspecified atom stereocenters. The molecule has 0 radical (unpaired) electrons. The Kier molecular flexibility index (Phi) is 5.55. The van der Waals surface area contributed by atoms with Gasteiger partial charge >= 0.3 is 5.97 Å². The van der Waals surface area contributed by atoms with Gasteiger partial charge < -0.3 is 15.4 Å². The van der Waals surface area contributed by atoms with Gasteiger partial charge in [-0.1, -0.05) is 28.1 Å². The normalized spacial score (nSPS) is 9.94. The summed E-state index contributed by atoms with van der Waals surface area (Å²) in [6, 6.07) is 5.55. The second-order valence-corrected chi connectivity index (χ2v) is 5.04. The molecule has 0 heterocycles. The number of thiocarbonyl (C=S) groups is 1. The van der Waals surface area contributed by atoms with Gasteiger partial charge in [-0.05, 0) is 25.1 Å². The zero-order valence-electron chi connectivity index (χ0n) is 10.3. The van der Waals surface area contributed by atoms with Crippen molar-refractivity contribution >= 4 is 44.8 Å². The van der Waals surface area contributed by atoms with Gasteiger partial charge in [0.05, 0.1) is 6.61 Å². The van der Waals surface area contributed by atoms with Gasteiger partial charge in [0.15, 0.2) is 0 Å². The summed E-state index contributed by atoms with van der Waals surface area (Å²) in [5.74, 6) is -0.283.